The fourth-order valence-corrected chi connectivity index (χ4v) is 1.31. The predicted octanol–water partition coefficient (Wildman–Crippen LogP) is 1.54. The first kappa shape index (κ1) is 9.12. The third-order valence-corrected chi connectivity index (χ3v) is 2.45. The highest BCUT2D eigenvalue weighted by Gasteiger charge is 2.26. The Kier molecular flexibility index (Phi) is 2.19. The Morgan fingerprint density at radius 2 is 2.36 bits per heavy atom. The van der Waals surface area contributed by atoms with E-state index in [4.69, 9.17) is 5.11 Å². The molecular formula is C10H12N2O2. The fourth-order valence-electron chi connectivity index (χ4n) is 1.31. The third-order valence-electron chi connectivity index (χ3n) is 2.45. The Morgan fingerprint density at radius 1 is 1.64 bits per heavy atom. The van der Waals surface area contributed by atoms with Gasteiger partial charge in [0.1, 0.15) is 11.7 Å². The van der Waals surface area contributed by atoms with E-state index in [1.807, 2.05) is 6.07 Å². The third kappa shape index (κ3) is 1.73. The minimum Gasteiger partial charge on any atom is -0.481 e. The topological polar surface area (TPSA) is 63.1 Å². The van der Waals surface area contributed by atoms with Crippen LogP contribution in [0.1, 0.15) is 43.1 Å². The molecule has 1 heterocycles. The molecule has 0 radical (unpaired) electrons. The number of carboxylic acid groups (broad SMARTS) is 1. The van der Waals surface area contributed by atoms with Crippen LogP contribution in [0.2, 0.25) is 0 Å². The SMILES string of the molecule is CC(C(=O)O)c1nccc(C2CC2)n1. The number of hydrogen-bond donors (Lipinski definition) is 1. The molecule has 1 unspecified atom stereocenters. The summed E-state index contributed by atoms with van der Waals surface area (Å²) < 4.78 is 0. The van der Waals surface area contributed by atoms with Gasteiger partial charge < -0.3 is 5.11 Å². The molecule has 1 saturated carbocycles. The van der Waals surface area contributed by atoms with E-state index in [0.717, 1.165) is 18.5 Å². The summed E-state index contributed by atoms with van der Waals surface area (Å²) in [5, 5.41) is 8.80. The molecule has 0 aliphatic heterocycles. The molecule has 2 rings (SSSR count). The maximum absolute atomic E-state index is 10.7. The highest BCUT2D eigenvalue weighted by Crippen LogP contribution is 2.38. The van der Waals surface area contributed by atoms with Crippen LogP contribution in [0.25, 0.3) is 0 Å². The molecule has 0 spiro atoms. The van der Waals surface area contributed by atoms with Crippen LogP contribution >= 0.6 is 0 Å². The van der Waals surface area contributed by atoms with E-state index in [9.17, 15) is 4.79 Å². The van der Waals surface area contributed by atoms with Crippen LogP contribution in [-0.4, -0.2) is 21.0 Å². The van der Waals surface area contributed by atoms with E-state index in [-0.39, 0.29) is 0 Å². The smallest absolute Gasteiger partial charge is 0.313 e. The Morgan fingerprint density at radius 3 is 2.93 bits per heavy atom. The van der Waals surface area contributed by atoms with Crippen molar-refractivity contribution in [1.82, 2.24) is 9.97 Å². The maximum atomic E-state index is 10.7. The molecule has 4 nitrogen and oxygen atoms in total. The highest BCUT2D eigenvalue weighted by atomic mass is 16.4. The van der Waals surface area contributed by atoms with Gasteiger partial charge in [-0.1, -0.05) is 0 Å². The summed E-state index contributed by atoms with van der Waals surface area (Å²) in [5.41, 5.74) is 0.989. The molecule has 74 valence electrons. The number of carbonyl (C=O) groups is 1. The van der Waals surface area contributed by atoms with E-state index in [2.05, 4.69) is 9.97 Å². The molecule has 1 aromatic heterocycles. The van der Waals surface area contributed by atoms with Crippen LogP contribution in [0.5, 0.6) is 0 Å². The van der Waals surface area contributed by atoms with Gasteiger partial charge >= 0.3 is 5.97 Å². The summed E-state index contributed by atoms with van der Waals surface area (Å²) in [6.07, 6.45) is 3.98. The lowest BCUT2D eigenvalue weighted by atomic mass is 10.1. The molecule has 0 aromatic carbocycles. The lowest BCUT2D eigenvalue weighted by Crippen LogP contribution is -2.11. The van der Waals surface area contributed by atoms with Crippen molar-refractivity contribution in [3.63, 3.8) is 0 Å². The monoisotopic (exact) mass is 192 g/mol. The first-order chi connectivity index (χ1) is 6.68. The largest absolute Gasteiger partial charge is 0.481 e. The van der Waals surface area contributed by atoms with Crippen molar-refractivity contribution in [1.29, 1.82) is 0 Å². The summed E-state index contributed by atoms with van der Waals surface area (Å²) in [6, 6.07) is 1.87. The van der Waals surface area contributed by atoms with Crippen LogP contribution in [0, 0.1) is 0 Å². The average molecular weight is 192 g/mol. The number of aliphatic carboxylic acids is 1. The summed E-state index contributed by atoms with van der Waals surface area (Å²) in [4.78, 5) is 19.0. The van der Waals surface area contributed by atoms with Gasteiger partial charge in [0.25, 0.3) is 0 Å². The van der Waals surface area contributed by atoms with Crippen LogP contribution in [0.3, 0.4) is 0 Å². The first-order valence-electron chi connectivity index (χ1n) is 4.74. The molecule has 1 fully saturated rings. The summed E-state index contributed by atoms with van der Waals surface area (Å²) in [5.74, 6) is -0.536. The molecular weight excluding hydrogens is 180 g/mol. The number of nitrogens with zero attached hydrogens (tertiary/aromatic N) is 2. The molecule has 0 saturated heterocycles. The highest BCUT2D eigenvalue weighted by molar-refractivity contribution is 5.74. The van der Waals surface area contributed by atoms with Crippen LogP contribution < -0.4 is 0 Å². The van der Waals surface area contributed by atoms with Gasteiger partial charge in [-0.25, -0.2) is 9.97 Å². The molecule has 1 N–H and O–H groups in total. The summed E-state index contributed by atoms with van der Waals surface area (Å²) in [7, 11) is 0. The molecule has 1 atom stereocenters. The minimum atomic E-state index is -0.877. The quantitative estimate of drug-likeness (QED) is 0.789. The normalized spacial score (nSPS) is 17.8. The first-order valence-corrected chi connectivity index (χ1v) is 4.74. The van der Waals surface area contributed by atoms with Gasteiger partial charge in [-0.15, -0.1) is 0 Å². The number of aromatic nitrogens is 2. The van der Waals surface area contributed by atoms with Crippen molar-refractivity contribution in [2.45, 2.75) is 31.6 Å². The zero-order valence-corrected chi connectivity index (χ0v) is 7.97. The van der Waals surface area contributed by atoms with E-state index in [0.29, 0.717) is 11.7 Å². The van der Waals surface area contributed by atoms with Crippen LogP contribution in [-0.2, 0) is 4.79 Å². The van der Waals surface area contributed by atoms with Crippen molar-refractivity contribution < 1.29 is 9.90 Å². The molecule has 0 bridgehead atoms. The van der Waals surface area contributed by atoms with Gasteiger partial charge in [0.2, 0.25) is 0 Å². The Hall–Kier alpha value is -1.45. The van der Waals surface area contributed by atoms with E-state index < -0.39 is 11.9 Å². The van der Waals surface area contributed by atoms with Crippen molar-refractivity contribution in [3.05, 3.63) is 23.8 Å². The molecule has 1 aliphatic carbocycles. The second-order valence-electron chi connectivity index (χ2n) is 3.67. The van der Waals surface area contributed by atoms with Gasteiger partial charge in [-0.3, -0.25) is 4.79 Å². The van der Waals surface area contributed by atoms with Crippen molar-refractivity contribution in [3.8, 4) is 0 Å². The average Bonchev–Trinajstić information content (AvgIpc) is 3.00. The lowest BCUT2D eigenvalue weighted by molar-refractivity contribution is -0.138. The number of carboxylic acids is 1. The summed E-state index contributed by atoms with van der Waals surface area (Å²) >= 11 is 0. The zero-order chi connectivity index (χ0) is 10.1. The molecule has 0 amide bonds. The Labute approximate surface area is 82.0 Å². The standard InChI is InChI=1S/C10H12N2O2/c1-6(10(13)14)9-11-5-4-8(12-9)7-2-3-7/h4-7H,2-3H2,1H3,(H,13,14). The zero-order valence-electron chi connectivity index (χ0n) is 7.97. The summed E-state index contributed by atoms with van der Waals surface area (Å²) in [6.45, 7) is 1.61. The molecule has 1 aromatic rings. The molecule has 1 aliphatic rings. The van der Waals surface area contributed by atoms with E-state index in [1.54, 1.807) is 13.1 Å². The van der Waals surface area contributed by atoms with Gasteiger partial charge in [0.05, 0.1) is 0 Å². The van der Waals surface area contributed by atoms with Crippen molar-refractivity contribution in [2.24, 2.45) is 0 Å². The number of hydrogen-bond acceptors (Lipinski definition) is 3. The maximum Gasteiger partial charge on any atom is 0.313 e. The van der Waals surface area contributed by atoms with E-state index in [1.165, 1.54) is 0 Å². The lowest BCUT2D eigenvalue weighted by Gasteiger charge is -2.05. The fraction of sp³-hybridized carbons (Fsp3) is 0.500. The van der Waals surface area contributed by atoms with Crippen LogP contribution in [0.15, 0.2) is 12.3 Å². The molecule has 14 heavy (non-hydrogen) atoms. The second-order valence-corrected chi connectivity index (χ2v) is 3.67. The van der Waals surface area contributed by atoms with Gasteiger partial charge in [-0.05, 0) is 25.8 Å². The number of rotatable bonds is 3. The predicted molar refractivity (Wildman–Crippen MR) is 50.1 cm³/mol. The van der Waals surface area contributed by atoms with Crippen molar-refractivity contribution in [2.75, 3.05) is 0 Å². The van der Waals surface area contributed by atoms with Crippen LogP contribution in [0.4, 0.5) is 0 Å². The van der Waals surface area contributed by atoms with Gasteiger partial charge in [0.15, 0.2) is 0 Å². The minimum absolute atomic E-state index is 0.418. The van der Waals surface area contributed by atoms with Gasteiger partial charge in [-0.2, -0.15) is 0 Å². The molecule has 4 heteroatoms. The van der Waals surface area contributed by atoms with Crippen molar-refractivity contribution >= 4 is 5.97 Å². The van der Waals surface area contributed by atoms with Gasteiger partial charge in [0, 0.05) is 17.8 Å². The Balaban J connectivity index is 2.25. The van der Waals surface area contributed by atoms with E-state index >= 15 is 0 Å². The second kappa shape index (κ2) is 3.36. The Bertz CT molecular complexity index is 361.